The van der Waals surface area contributed by atoms with Crippen LogP contribution in [0.2, 0.25) is 0 Å². The van der Waals surface area contributed by atoms with Crippen LogP contribution in [0.3, 0.4) is 0 Å². The average Bonchev–Trinajstić information content (AvgIpc) is 2.81. The molecule has 0 aliphatic carbocycles. The Bertz CT molecular complexity index is 523. The summed E-state index contributed by atoms with van der Waals surface area (Å²) in [5.41, 5.74) is 0. The first-order valence-electron chi connectivity index (χ1n) is 5.58. The van der Waals surface area contributed by atoms with Gasteiger partial charge in [-0.25, -0.2) is 9.97 Å². The van der Waals surface area contributed by atoms with E-state index >= 15 is 0 Å². The largest absolute Gasteiger partial charge is 0.352 e. The molecule has 2 heterocycles. The normalized spacial score (nSPS) is 10.1. The van der Waals surface area contributed by atoms with Crippen LogP contribution in [-0.2, 0) is 4.79 Å². The van der Waals surface area contributed by atoms with E-state index in [1.807, 2.05) is 25.4 Å². The second kappa shape index (κ2) is 5.31. The zero-order chi connectivity index (χ0) is 13.0. The molecule has 0 atom stereocenters. The van der Waals surface area contributed by atoms with Crippen LogP contribution >= 0.6 is 0 Å². The number of ketones is 1. The number of nitrogens with one attached hydrogen (secondary N) is 2. The predicted octanol–water partition coefficient (Wildman–Crippen LogP) is 1.57. The predicted molar refractivity (Wildman–Crippen MR) is 70.1 cm³/mol. The van der Waals surface area contributed by atoms with Crippen LogP contribution in [0.15, 0.2) is 30.7 Å². The first kappa shape index (κ1) is 12.1. The molecule has 6 nitrogen and oxygen atoms in total. The lowest BCUT2D eigenvalue weighted by Crippen LogP contribution is -2.24. The number of Topliss-reactive ketones (excluding diaryl/α,β-unsaturated/α-hetero) is 1. The minimum atomic E-state index is 0.0926. The minimum absolute atomic E-state index is 0.0926. The first-order valence-corrected chi connectivity index (χ1v) is 5.58. The van der Waals surface area contributed by atoms with Gasteiger partial charge in [0.15, 0.2) is 0 Å². The summed E-state index contributed by atoms with van der Waals surface area (Å²) in [6.07, 6.45) is 3.30. The van der Waals surface area contributed by atoms with Gasteiger partial charge in [0.1, 0.15) is 29.6 Å². The van der Waals surface area contributed by atoms with Gasteiger partial charge in [-0.05, 0) is 19.1 Å². The Balaban J connectivity index is 2.12. The molecule has 0 fully saturated rings. The van der Waals surface area contributed by atoms with Crippen molar-refractivity contribution < 1.29 is 4.79 Å². The Kier molecular flexibility index (Phi) is 3.57. The Morgan fingerprint density at radius 3 is 3.00 bits per heavy atom. The number of carbonyl (C=O) groups excluding carboxylic acids is 1. The summed E-state index contributed by atoms with van der Waals surface area (Å²) < 4.78 is 0. The molecular weight excluding hydrogens is 230 g/mol. The first-order chi connectivity index (χ1) is 8.65. The molecule has 0 spiro atoms. The van der Waals surface area contributed by atoms with Crippen molar-refractivity contribution in [2.24, 2.45) is 0 Å². The maximum absolute atomic E-state index is 11.1. The summed E-state index contributed by atoms with van der Waals surface area (Å²) in [7, 11) is 1.82. The van der Waals surface area contributed by atoms with Gasteiger partial charge in [-0.2, -0.15) is 0 Å². The van der Waals surface area contributed by atoms with Gasteiger partial charge in [0.05, 0.1) is 6.54 Å². The van der Waals surface area contributed by atoms with Crippen LogP contribution in [0.5, 0.6) is 0 Å². The highest BCUT2D eigenvalue weighted by molar-refractivity contribution is 5.80. The van der Waals surface area contributed by atoms with Crippen molar-refractivity contribution in [2.45, 2.75) is 6.92 Å². The molecule has 2 N–H and O–H groups in total. The third kappa shape index (κ3) is 3.07. The molecule has 0 aliphatic heterocycles. The summed E-state index contributed by atoms with van der Waals surface area (Å²) in [6, 6.07) is 5.59. The number of H-pyrrole nitrogens is 1. The van der Waals surface area contributed by atoms with Crippen molar-refractivity contribution in [2.75, 3.05) is 23.8 Å². The fourth-order valence-corrected chi connectivity index (χ4v) is 1.59. The van der Waals surface area contributed by atoms with Gasteiger partial charge in [-0.1, -0.05) is 0 Å². The molecule has 0 radical (unpaired) electrons. The number of aromatic amines is 1. The molecule has 0 aromatic carbocycles. The molecule has 0 saturated carbocycles. The molecule has 0 aliphatic rings. The van der Waals surface area contributed by atoms with Crippen molar-refractivity contribution in [3.8, 4) is 0 Å². The maximum Gasteiger partial charge on any atom is 0.149 e. The van der Waals surface area contributed by atoms with Crippen molar-refractivity contribution in [1.29, 1.82) is 0 Å². The number of hydrogen-bond donors (Lipinski definition) is 2. The van der Waals surface area contributed by atoms with Gasteiger partial charge in [0.2, 0.25) is 0 Å². The Labute approximate surface area is 105 Å². The average molecular weight is 245 g/mol. The third-order valence-corrected chi connectivity index (χ3v) is 2.36. The number of carbonyl (C=O) groups is 1. The van der Waals surface area contributed by atoms with Crippen LogP contribution < -0.4 is 10.2 Å². The van der Waals surface area contributed by atoms with Crippen molar-refractivity contribution in [3.05, 3.63) is 30.7 Å². The lowest BCUT2D eigenvalue weighted by molar-refractivity contribution is -0.115. The molecule has 2 aromatic heterocycles. The van der Waals surface area contributed by atoms with Gasteiger partial charge in [0, 0.05) is 19.3 Å². The number of nitrogens with zero attached hydrogens (tertiary/aromatic N) is 3. The molecule has 0 amide bonds. The van der Waals surface area contributed by atoms with E-state index in [9.17, 15) is 4.79 Å². The van der Waals surface area contributed by atoms with E-state index in [1.165, 1.54) is 6.33 Å². The van der Waals surface area contributed by atoms with Crippen LogP contribution in [0.1, 0.15) is 6.92 Å². The van der Waals surface area contributed by atoms with Gasteiger partial charge < -0.3 is 15.2 Å². The molecule has 0 unspecified atom stereocenters. The second-order valence-electron chi connectivity index (χ2n) is 4.03. The van der Waals surface area contributed by atoms with Crippen LogP contribution in [0.4, 0.5) is 17.5 Å². The molecule has 2 aromatic rings. The topological polar surface area (TPSA) is 73.9 Å². The zero-order valence-corrected chi connectivity index (χ0v) is 10.3. The van der Waals surface area contributed by atoms with E-state index in [1.54, 1.807) is 17.9 Å². The molecule has 6 heteroatoms. The summed E-state index contributed by atoms with van der Waals surface area (Å²) in [6.45, 7) is 1.88. The fraction of sp³-hybridized carbons (Fsp3) is 0.250. The van der Waals surface area contributed by atoms with Crippen molar-refractivity contribution in [1.82, 2.24) is 15.0 Å². The molecule has 94 valence electrons. The van der Waals surface area contributed by atoms with Gasteiger partial charge in [0.25, 0.3) is 0 Å². The SMILES string of the molecule is CC(=O)CN(C)c1cc(Nc2ccc[nH]2)ncn1. The van der Waals surface area contributed by atoms with Crippen molar-refractivity contribution in [3.63, 3.8) is 0 Å². The van der Waals surface area contributed by atoms with Crippen LogP contribution in [0.25, 0.3) is 0 Å². The summed E-state index contributed by atoms with van der Waals surface area (Å²) in [5.74, 6) is 2.33. The summed E-state index contributed by atoms with van der Waals surface area (Å²) in [4.78, 5) is 24.1. The second-order valence-corrected chi connectivity index (χ2v) is 4.03. The molecular formula is C12H15N5O. The lowest BCUT2D eigenvalue weighted by atomic mass is 10.4. The molecule has 0 saturated heterocycles. The van der Waals surface area contributed by atoms with Crippen LogP contribution in [-0.4, -0.2) is 34.3 Å². The van der Waals surface area contributed by atoms with E-state index in [0.29, 0.717) is 18.2 Å². The maximum atomic E-state index is 11.1. The smallest absolute Gasteiger partial charge is 0.149 e. The number of anilines is 3. The van der Waals surface area contributed by atoms with Gasteiger partial charge in [-0.15, -0.1) is 0 Å². The molecule has 2 rings (SSSR count). The Hall–Kier alpha value is -2.37. The number of likely N-dealkylation sites (N-methyl/N-ethyl adjacent to an activating group) is 1. The fourth-order valence-electron chi connectivity index (χ4n) is 1.59. The summed E-state index contributed by atoms with van der Waals surface area (Å²) in [5, 5.41) is 3.11. The standard InChI is InChI=1S/C12H15N5O/c1-9(18)7-17(2)12-6-11(14-8-15-12)16-10-4-3-5-13-10/h3-6,8,13H,7H2,1-2H3,(H,14,15,16). The highest BCUT2D eigenvalue weighted by atomic mass is 16.1. The molecule has 0 bridgehead atoms. The van der Waals surface area contributed by atoms with E-state index < -0.39 is 0 Å². The van der Waals surface area contributed by atoms with E-state index in [-0.39, 0.29) is 5.78 Å². The van der Waals surface area contributed by atoms with Gasteiger partial charge in [-0.3, -0.25) is 4.79 Å². The highest BCUT2D eigenvalue weighted by Crippen LogP contribution is 2.16. The zero-order valence-electron chi connectivity index (χ0n) is 10.3. The third-order valence-electron chi connectivity index (χ3n) is 2.36. The Morgan fingerprint density at radius 2 is 2.33 bits per heavy atom. The minimum Gasteiger partial charge on any atom is -0.352 e. The van der Waals surface area contributed by atoms with Crippen LogP contribution in [0, 0.1) is 0 Å². The van der Waals surface area contributed by atoms with E-state index in [2.05, 4.69) is 20.3 Å². The van der Waals surface area contributed by atoms with E-state index in [4.69, 9.17) is 0 Å². The highest BCUT2D eigenvalue weighted by Gasteiger charge is 2.06. The monoisotopic (exact) mass is 245 g/mol. The van der Waals surface area contributed by atoms with Gasteiger partial charge >= 0.3 is 0 Å². The van der Waals surface area contributed by atoms with E-state index in [0.717, 1.165) is 5.82 Å². The van der Waals surface area contributed by atoms with Crippen molar-refractivity contribution >= 4 is 23.2 Å². The molecule has 18 heavy (non-hydrogen) atoms. The number of rotatable bonds is 5. The Morgan fingerprint density at radius 1 is 1.50 bits per heavy atom. The lowest BCUT2D eigenvalue weighted by Gasteiger charge is -2.16. The summed E-state index contributed by atoms with van der Waals surface area (Å²) >= 11 is 0. The quantitative estimate of drug-likeness (QED) is 0.836. The number of hydrogen-bond acceptors (Lipinski definition) is 5. The number of aromatic nitrogens is 3.